The van der Waals surface area contributed by atoms with Crippen molar-refractivity contribution in [2.24, 2.45) is 0 Å². The van der Waals surface area contributed by atoms with Gasteiger partial charge in [0.2, 0.25) is 0 Å². The molecule has 11 heavy (non-hydrogen) atoms. The molecule has 71 valence electrons. The molecule has 0 amide bonds. The Labute approximate surface area is 74.7 Å². The SMILES string of the molecule is O=S(=O)(O)CCS(=O)(=O)O.[Co]. The minimum Gasteiger partial charge on any atom is -0.286 e. The zero-order valence-corrected chi connectivity index (χ0v) is 7.77. The van der Waals surface area contributed by atoms with Crippen molar-refractivity contribution in [1.29, 1.82) is 0 Å². The first kappa shape index (κ1) is 13.9. The molecule has 0 rings (SSSR count). The van der Waals surface area contributed by atoms with Gasteiger partial charge < -0.3 is 0 Å². The molecular weight excluding hydrogens is 243 g/mol. The van der Waals surface area contributed by atoms with Gasteiger partial charge in [0.1, 0.15) is 0 Å². The maximum atomic E-state index is 9.86. The van der Waals surface area contributed by atoms with E-state index in [1.165, 1.54) is 0 Å². The molecule has 0 aliphatic rings. The maximum Gasteiger partial charge on any atom is 0.265 e. The Hall–Kier alpha value is 0.326. The van der Waals surface area contributed by atoms with Crippen LogP contribution in [-0.4, -0.2) is 37.4 Å². The van der Waals surface area contributed by atoms with Crippen LogP contribution in [0, 0.1) is 0 Å². The Balaban J connectivity index is 0. The summed E-state index contributed by atoms with van der Waals surface area (Å²) in [4.78, 5) is 0. The van der Waals surface area contributed by atoms with Crippen molar-refractivity contribution in [2.45, 2.75) is 0 Å². The van der Waals surface area contributed by atoms with Gasteiger partial charge in [0.25, 0.3) is 20.2 Å². The molecule has 0 saturated heterocycles. The van der Waals surface area contributed by atoms with Gasteiger partial charge in [-0.3, -0.25) is 9.11 Å². The van der Waals surface area contributed by atoms with Gasteiger partial charge in [0.05, 0.1) is 11.5 Å². The Morgan fingerprint density at radius 1 is 0.818 bits per heavy atom. The zero-order valence-electron chi connectivity index (χ0n) is 5.09. The second kappa shape index (κ2) is 4.38. The molecule has 0 bridgehead atoms. The fraction of sp³-hybridized carbons (Fsp3) is 1.00. The molecule has 0 aromatic carbocycles. The molecule has 6 nitrogen and oxygen atoms in total. The van der Waals surface area contributed by atoms with Crippen LogP contribution >= 0.6 is 0 Å². The Kier molecular flexibility index (Phi) is 5.52. The van der Waals surface area contributed by atoms with E-state index in [0.717, 1.165) is 0 Å². The van der Waals surface area contributed by atoms with Crippen LogP contribution < -0.4 is 0 Å². The van der Waals surface area contributed by atoms with Gasteiger partial charge in [0.15, 0.2) is 0 Å². The average Bonchev–Trinajstić information content (AvgIpc) is 1.57. The summed E-state index contributed by atoms with van der Waals surface area (Å²) in [6, 6.07) is 0. The van der Waals surface area contributed by atoms with Crippen molar-refractivity contribution in [3.8, 4) is 0 Å². The summed E-state index contributed by atoms with van der Waals surface area (Å²) in [6.07, 6.45) is 0. The fourth-order valence-electron chi connectivity index (χ4n) is 0.211. The van der Waals surface area contributed by atoms with E-state index in [1.54, 1.807) is 0 Å². The Morgan fingerprint density at radius 2 is 1.00 bits per heavy atom. The van der Waals surface area contributed by atoms with Crippen LogP contribution in [0.15, 0.2) is 0 Å². The van der Waals surface area contributed by atoms with Crippen LogP contribution in [0.1, 0.15) is 0 Å². The van der Waals surface area contributed by atoms with Crippen LogP contribution in [-0.2, 0) is 37.0 Å². The molecule has 0 unspecified atom stereocenters. The second-order valence-electron chi connectivity index (χ2n) is 1.57. The van der Waals surface area contributed by atoms with Gasteiger partial charge >= 0.3 is 0 Å². The summed E-state index contributed by atoms with van der Waals surface area (Å²) < 4.78 is 55.4. The normalized spacial score (nSPS) is 12.2. The smallest absolute Gasteiger partial charge is 0.265 e. The first-order valence-electron chi connectivity index (χ1n) is 2.11. The van der Waals surface area contributed by atoms with E-state index >= 15 is 0 Å². The van der Waals surface area contributed by atoms with Crippen molar-refractivity contribution in [3.63, 3.8) is 0 Å². The third kappa shape index (κ3) is 13.3. The van der Waals surface area contributed by atoms with E-state index in [1.807, 2.05) is 0 Å². The first-order valence-corrected chi connectivity index (χ1v) is 5.33. The molecule has 0 aliphatic carbocycles. The second-order valence-corrected chi connectivity index (χ2v) is 4.72. The van der Waals surface area contributed by atoms with E-state index in [2.05, 4.69) is 0 Å². The molecule has 0 heterocycles. The molecule has 0 atom stereocenters. The minimum absolute atomic E-state index is 0. The largest absolute Gasteiger partial charge is 0.286 e. The number of hydrogen-bond acceptors (Lipinski definition) is 4. The topological polar surface area (TPSA) is 109 Å². The van der Waals surface area contributed by atoms with Crippen LogP contribution in [0.4, 0.5) is 0 Å². The van der Waals surface area contributed by atoms with Gasteiger partial charge in [-0.1, -0.05) is 0 Å². The van der Waals surface area contributed by atoms with E-state index in [0.29, 0.717) is 0 Å². The maximum absolute atomic E-state index is 9.86. The molecule has 0 saturated carbocycles. The Morgan fingerprint density at radius 3 is 1.09 bits per heavy atom. The summed E-state index contributed by atoms with van der Waals surface area (Å²) in [6.45, 7) is 0. The van der Waals surface area contributed by atoms with Gasteiger partial charge in [0, 0.05) is 16.8 Å². The standard InChI is InChI=1S/C2H6O6S2.Co/c3-9(4,5)1-2-10(6,7)8;/h1-2H2,(H,3,4,5)(H,6,7,8);. The fourth-order valence-corrected chi connectivity index (χ4v) is 1.90. The van der Waals surface area contributed by atoms with Gasteiger partial charge in [-0.05, 0) is 0 Å². The molecule has 0 fully saturated rings. The Bertz CT molecular complexity index is 255. The predicted molar refractivity (Wildman–Crippen MR) is 32.8 cm³/mol. The number of hydrogen-bond donors (Lipinski definition) is 2. The first-order chi connectivity index (χ1) is 4.21. The molecule has 0 aliphatic heterocycles. The van der Waals surface area contributed by atoms with Crippen molar-refractivity contribution in [1.82, 2.24) is 0 Å². The number of rotatable bonds is 3. The van der Waals surface area contributed by atoms with Crippen molar-refractivity contribution < 1.29 is 42.7 Å². The van der Waals surface area contributed by atoms with Crippen molar-refractivity contribution in [3.05, 3.63) is 0 Å². The molecule has 1 radical (unpaired) electrons. The van der Waals surface area contributed by atoms with Crippen LogP contribution in [0.25, 0.3) is 0 Å². The van der Waals surface area contributed by atoms with E-state index in [-0.39, 0.29) is 16.8 Å². The van der Waals surface area contributed by atoms with Crippen molar-refractivity contribution in [2.75, 3.05) is 11.5 Å². The van der Waals surface area contributed by atoms with Gasteiger partial charge in [-0.2, -0.15) is 16.8 Å². The average molecular weight is 249 g/mol. The van der Waals surface area contributed by atoms with Crippen LogP contribution in [0.2, 0.25) is 0 Å². The van der Waals surface area contributed by atoms with Gasteiger partial charge in [-0.25, -0.2) is 0 Å². The molecule has 0 aromatic heterocycles. The quantitative estimate of drug-likeness (QED) is 0.605. The summed E-state index contributed by atoms with van der Waals surface area (Å²) in [5.41, 5.74) is 0. The summed E-state index contributed by atoms with van der Waals surface area (Å²) in [7, 11) is -8.59. The van der Waals surface area contributed by atoms with E-state index in [4.69, 9.17) is 9.11 Å². The predicted octanol–water partition coefficient (Wildman–Crippen LogP) is -1.24. The third-order valence-electron chi connectivity index (χ3n) is 0.599. The summed E-state index contributed by atoms with van der Waals surface area (Å²) in [5, 5.41) is 0. The van der Waals surface area contributed by atoms with Crippen LogP contribution in [0.3, 0.4) is 0 Å². The molecule has 0 aromatic rings. The monoisotopic (exact) mass is 249 g/mol. The summed E-state index contributed by atoms with van der Waals surface area (Å²) in [5.74, 6) is -1.96. The van der Waals surface area contributed by atoms with Gasteiger partial charge in [-0.15, -0.1) is 0 Å². The molecular formula is C2H6CoO6S2. The molecule has 2 N–H and O–H groups in total. The molecule has 0 spiro atoms. The third-order valence-corrected chi connectivity index (χ3v) is 2.30. The zero-order chi connectivity index (χ0) is 8.41. The van der Waals surface area contributed by atoms with Crippen LogP contribution in [0.5, 0.6) is 0 Å². The molecule has 9 heteroatoms. The minimum atomic E-state index is -4.30. The van der Waals surface area contributed by atoms with E-state index in [9.17, 15) is 16.8 Å². The van der Waals surface area contributed by atoms with E-state index < -0.39 is 31.7 Å². The summed E-state index contributed by atoms with van der Waals surface area (Å²) >= 11 is 0. The van der Waals surface area contributed by atoms with Crippen molar-refractivity contribution >= 4 is 20.2 Å².